The Morgan fingerprint density at radius 1 is 1.39 bits per heavy atom. The standard InChI is InChI=1S/C12H10ClN3OS/c1-7-11(17)16-6-10(14-15-12(16)18-7)8-2-4-9(13)5-3-8/h2-7,14H,1H3/t7-/m0/s1. The summed E-state index contributed by atoms with van der Waals surface area (Å²) in [6, 6.07) is 7.39. The number of hydrogen-bond acceptors (Lipinski definition) is 4. The molecule has 6 heteroatoms. The van der Waals surface area contributed by atoms with Crippen LogP contribution in [-0.2, 0) is 4.79 Å². The number of carbonyl (C=O) groups is 1. The second kappa shape index (κ2) is 4.33. The number of amidine groups is 1. The molecule has 1 atom stereocenters. The van der Waals surface area contributed by atoms with Crippen LogP contribution in [0.4, 0.5) is 0 Å². The van der Waals surface area contributed by atoms with E-state index in [0.29, 0.717) is 10.2 Å². The van der Waals surface area contributed by atoms with Gasteiger partial charge in [0.1, 0.15) is 0 Å². The van der Waals surface area contributed by atoms with Crippen LogP contribution in [0.15, 0.2) is 35.6 Å². The predicted molar refractivity (Wildman–Crippen MR) is 73.9 cm³/mol. The quantitative estimate of drug-likeness (QED) is 0.859. The molecule has 1 saturated heterocycles. The van der Waals surface area contributed by atoms with Crippen molar-refractivity contribution < 1.29 is 4.79 Å². The number of fused-ring (bicyclic) bond motifs is 1. The van der Waals surface area contributed by atoms with Crippen LogP contribution in [0.5, 0.6) is 0 Å². The Morgan fingerprint density at radius 3 is 2.83 bits per heavy atom. The van der Waals surface area contributed by atoms with Crippen molar-refractivity contribution in [2.75, 3.05) is 0 Å². The molecule has 1 aromatic rings. The summed E-state index contributed by atoms with van der Waals surface area (Å²) in [5, 5.41) is 5.51. The number of thioether (sulfide) groups is 1. The molecular weight excluding hydrogens is 270 g/mol. The van der Waals surface area contributed by atoms with Gasteiger partial charge in [-0.05, 0) is 19.1 Å². The Bertz CT molecular complexity index is 567. The fraction of sp³-hybridized carbons (Fsp3) is 0.167. The van der Waals surface area contributed by atoms with Crippen LogP contribution >= 0.6 is 23.4 Å². The minimum atomic E-state index is -0.0774. The Morgan fingerprint density at radius 2 is 2.11 bits per heavy atom. The highest BCUT2D eigenvalue weighted by atomic mass is 35.5. The van der Waals surface area contributed by atoms with Crippen molar-refractivity contribution in [3.05, 3.63) is 41.1 Å². The Balaban J connectivity index is 1.93. The minimum absolute atomic E-state index is 0.0618. The molecule has 0 radical (unpaired) electrons. The topological polar surface area (TPSA) is 44.7 Å². The lowest BCUT2D eigenvalue weighted by Crippen LogP contribution is -2.31. The molecule has 1 amide bonds. The molecule has 0 saturated carbocycles. The lowest BCUT2D eigenvalue weighted by atomic mass is 10.1. The van der Waals surface area contributed by atoms with Crippen LogP contribution in [0.3, 0.4) is 0 Å². The SMILES string of the molecule is C[C@@H]1SC2=NNC(c3ccc(Cl)cc3)=CN2C1=O. The highest BCUT2D eigenvalue weighted by Gasteiger charge is 2.36. The lowest BCUT2D eigenvalue weighted by molar-refractivity contribution is -0.124. The van der Waals surface area contributed by atoms with Crippen molar-refractivity contribution in [3.8, 4) is 0 Å². The molecule has 0 unspecified atom stereocenters. The Kier molecular flexibility index (Phi) is 2.80. The van der Waals surface area contributed by atoms with Crippen LogP contribution in [0, 0.1) is 0 Å². The normalized spacial score (nSPS) is 22.2. The van der Waals surface area contributed by atoms with Crippen LogP contribution in [0.25, 0.3) is 5.70 Å². The molecule has 92 valence electrons. The third-order valence-electron chi connectivity index (χ3n) is 2.76. The highest BCUT2D eigenvalue weighted by Crippen LogP contribution is 2.30. The molecule has 0 aromatic heterocycles. The zero-order chi connectivity index (χ0) is 12.7. The van der Waals surface area contributed by atoms with Crippen LogP contribution in [0.2, 0.25) is 5.02 Å². The van der Waals surface area contributed by atoms with E-state index in [1.807, 2.05) is 31.2 Å². The minimum Gasteiger partial charge on any atom is -0.274 e. The number of carbonyl (C=O) groups excluding carboxylic acids is 1. The molecule has 3 rings (SSSR count). The van der Waals surface area contributed by atoms with Crippen LogP contribution in [-0.4, -0.2) is 21.2 Å². The van der Waals surface area contributed by atoms with Gasteiger partial charge in [-0.3, -0.25) is 15.1 Å². The maximum absolute atomic E-state index is 11.9. The summed E-state index contributed by atoms with van der Waals surface area (Å²) in [5.74, 6) is 0.0618. The lowest BCUT2D eigenvalue weighted by Gasteiger charge is -2.19. The summed E-state index contributed by atoms with van der Waals surface area (Å²) < 4.78 is 0. The number of nitrogens with one attached hydrogen (secondary N) is 1. The average Bonchev–Trinajstić information content (AvgIpc) is 2.66. The maximum Gasteiger partial charge on any atom is 0.246 e. The van der Waals surface area contributed by atoms with Gasteiger partial charge in [0.05, 0.1) is 10.9 Å². The van der Waals surface area contributed by atoms with Gasteiger partial charge >= 0.3 is 0 Å². The van der Waals surface area contributed by atoms with Gasteiger partial charge in [-0.1, -0.05) is 35.5 Å². The highest BCUT2D eigenvalue weighted by molar-refractivity contribution is 8.15. The van der Waals surface area contributed by atoms with Crippen molar-refractivity contribution in [2.24, 2.45) is 5.10 Å². The molecule has 1 fully saturated rings. The number of nitrogens with zero attached hydrogens (tertiary/aromatic N) is 2. The first-order valence-corrected chi connectivity index (χ1v) is 6.72. The largest absolute Gasteiger partial charge is 0.274 e. The molecule has 2 aliphatic heterocycles. The summed E-state index contributed by atoms with van der Waals surface area (Å²) in [6.07, 6.45) is 1.78. The average molecular weight is 280 g/mol. The van der Waals surface area contributed by atoms with Crippen molar-refractivity contribution in [1.29, 1.82) is 0 Å². The van der Waals surface area contributed by atoms with E-state index in [-0.39, 0.29) is 11.2 Å². The summed E-state index contributed by atoms with van der Waals surface area (Å²) >= 11 is 7.30. The number of benzene rings is 1. The van der Waals surface area contributed by atoms with Gasteiger partial charge in [0.2, 0.25) is 5.91 Å². The third-order valence-corrected chi connectivity index (χ3v) is 4.06. The van der Waals surface area contributed by atoms with E-state index in [2.05, 4.69) is 10.5 Å². The molecule has 0 aliphatic carbocycles. The molecule has 4 nitrogen and oxygen atoms in total. The van der Waals surface area contributed by atoms with Gasteiger partial charge in [-0.25, -0.2) is 0 Å². The van der Waals surface area contributed by atoms with E-state index in [0.717, 1.165) is 11.3 Å². The maximum atomic E-state index is 11.9. The third kappa shape index (κ3) is 1.89. The zero-order valence-corrected chi connectivity index (χ0v) is 11.1. The molecule has 18 heavy (non-hydrogen) atoms. The Hall–Kier alpha value is -1.46. The van der Waals surface area contributed by atoms with E-state index in [4.69, 9.17) is 11.6 Å². The van der Waals surface area contributed by atoms with Crippen molar-refractivity contribution >= 4 is 40.1 Å². The van der Waals surface area contributed by atoms with E-state index >= 15 is 0 Å². The molecule has 0 spiro atoms. The van der Waals surface area contributed by atoms with Gasteiger partial charge in [0.25, 0.3) is 0 Å². The summed E-state index contributed by atoms with van der Waals surface area (Å²) in [7, 11) is 0. The smallest absolute Gasteiger partial charge is 0.246 e. The first kappa shape index (κ1) is 11.6. The summed E-state index contributed by atoms with van der Waals surface area (Å²) in [6.45, 7) is 1.88. The summed E-state index contributed by atoms with van der Waals surface area (Å²) in [4.78, 5) is 13.5. The fourth-order valence-corrected chi connectivity index (χ4v) is 2.80. The van der Waals surface area contributed by atoms with Crippen molar-refractivity contribution in [1.82, 2.24) is 10.3 Å². The van der Waals surface area contributed by atoms with Crippen molar-refractivity contribution in [2.45, 2.75) is 12.2 Å². The molecule has 2 aliphatic rings. The first-order valence-electron chi connectivity index (χ1n) is 5.46. The zero-order valence-electron chi connectivity index (χ0n) is 9.55. The van der Waals surface area contributed by atoms with Crippen molar-refractivity contribution in [3.63, 3.8) is 0 Å². The molecule has 1 N–H and O–H groups in total. The molecular formula is C12H10ClN3OS. The number of hydrogen-bond donors (Lipinski definition) is 1. The molecule has 0 bridgehead atoms. The Labute approximate surface area is 114 Å². The number of amides is 1. The van der Waals surface area contributed by atoms with Gasteiger partial charge in [-0.2, -0.15) is 0 Å². The molecule has 2 heterocycles. The van der Waals surface area contributed by atoms with E-state index in [9.17, 15) is 4.79 Å². The fourth-order valence-electron chi connectivity index (χ4n) is 1.79. The van der Waals surface area contributed by atoms with Gasteiger partial charge in [0.15, 0.2) is 5.17 Å². The predicted octanol–water partition coefficient (Wildman–Crippen LogP) is 2.48. The second-order valence-corrected chi connectivity index (χ2v) is 5.77. The number of hydrazone groups is 1. The van der Waals surface area contributed by atoms with Gasteiger partial charge in [-0.15, -0.1) is 5.10 Å². The van der Waals surface area contributed by atoms with E-state index in [1.54, 1.807) is 11.1 Å². The molecule has 1 aromatic carbocycles. The number of halogens is 1. The van der Waals surface area contributed by atoms with E-state index < -0.39 is 0 Å². The number of rotatable bonds is 1. The monoisotopic (exact) mass is 279 g/mol. The van der Waals surface area contributed by atoms with E-state index in [1.165, 1.54) is 11.8 Å². The van der Waals surface area contributed by atoms with Gasteiger partial charge < -0.3 is 0 Å². The van der Waals surface area contributed by atoms with Gasteiger partial charge in [0, 0.05) is 16.8 Å². The summed E-state index contributed by atoms with van der Waals surface area (Å²) in [5.41, 5.74) is 4.69. The second-order valence-electron chi connectivity index (χ2n) is 4.02. The van der Waals surface area contributed by atoms with Crippen LogP contribution in [0.1, 0.15) is 12.5 Å². The van der Waals surface area contributed by atoms with Crippen LogP contribution < -0.4 is 5.43 Å². The first-order chi connectivity index (χ1) is 8.65.